The molecule has 0 saturated heterocycles. The average molecular weight is 265 g/mol. The minimum Gasteiger partial charge on any atom is -0.372 e. The van der Waals surface area contributed by atoms with Crippen molar-refractivity contribution in [1.29, 1.82) is 0 Å². The second-order valence-electron chi connectivity index (χ2n) is 3.70. The fourth-order valence-electron chi connectivity index (χ4n) is 1.53. The van der Waals surface area contributed by atoms with Gasteiger partial charge in [-0.15, -0.1) is 5.10 Å². The smallest absolute Gasteiger partial charge is 0.266 e. The molecule has 0 bridgehead atoms. The molecular weight excluding hydrogens is 250 g/mol. The van der Waals surface area contributed by atoms with Crippen LogP contribution < -0.4 is 10.2 Å². The molecule has 1 N–H and O–H groups in total. The standard InChI is InChI=1S/C12H15N3O2S/c1-3-17-8-11(16)13-14-12-15(2)9-6-4-5-7-10(9)18-12/h4-7H,3,8H2,1-2H3,(H,13,16)/b14-12-. The van der Waals surface area contributed by atoms with Crippen LogP contribution in [0.3, 0.4) is 0 Å². The predicted octanol–water partition coefficient (Wildman–Crippen LogP) is 1.21. The summed E-state index contributed by atoms with van der Waals surface area (Å²) in [7, 11) is 1.92. The third-order valence-electron chi connectivity index (χ3n) is 2.43. The Morgan fingerprint density at radius 3 is 3.00 bits per heavy atom. The summed E-state index contributed by atoms with van der Waals surface area (Å²) in [5.41, 5.74) is 3.58. The first-order valence-corrected chi connectivity index (χ1v) is 6.49. The minimum absolute atomic E-state index is 0.0363. The molecule has 1 heterocycles. The number of hydrogen-bond donors (Lipinski definition) is 1. The third-order valence-corrected chi connectivity index (χ3v) is 3.54. The lowest BCUT2D eigenvalue weighted by molar-refractivity contribution is -0.125. The van der Waals surface area contributed by atoms with E-state index in [1.165, 1.54) is 11.3 Å². The van der Waals surface area contributed by atoms with Crippen LogP contribution in [0.4, 0.5) is 0 Å². The zero-order valence-corrected chi connectivity index (χ0v) is 11.2. The zero-order chi connectivity index (χ0) is 13.0. The summed E-state index contributed by atoms with van der Waals surface area (Å²) in [6.45, 7) is 2.40. The molecular formula is C12H15N3O2S. The monoisotopic (exact) mass is 265 g/mol. The number of nitrogens with zero attached hydrogens (tertiary/aromatic N) is 2. The molecule has 0 aliphatic heterocycles. The first-order chi connectivity index (χ1) is 8.72. The van der Waals surface area contributed by atoms with E-state index in [4.69, 9.17) is 4.74 Å². The number of rotatable bonds is 4. The van der Waals surface area contributed by atoms with Crippen molar-refractivity contribution >= 4 is 27.5 Å². The number of ether oxygens (including phenoxy) is 1. The van der Waals surface area contributed by atoms with Gasteiger partial charge in [-0.05, 0) is 19.1 Å². The number of aryl methyl sites for hydroxylation is 1. The summed E-state index contributed by atoms with van der Waals surface area (Å²) < 4.78 is 8.08. The van der Waals surface area contributed by atoms with Gasteiger partial charge in [0.1, 0.15) is 6.61 Å². The van der Waals surface area contributed by atoms with Crippen LogP contribution in [-0.2, 0) is 16.6 Å². The molecule has 1 aromatic heterocycles. The number of fused-ring (bicyclic) bond motifs is 1. The van der Waals surface area contributed by atoms with Crippen molar-refractivity contribution in [3.63, 3.8) is 0 Å². The Bertz CT molecular complexity index is 615. The Balaban J connectivity index is 2.20. The van der Waals surface area contributed by atoms with E-state index in [2.05, 4.69) is 10.5 Å². The molecule has 0 aliphatic rings. The molecule has 5 nitrogen and oxygen atoms in total. The van der Waals surface area contributed by atoms with Crippen LogP contribution >= 0.6 is 11.3 Å². The van der Waals surface area contributed by atoms with E-state index < -0.39 is 0 Å². The van der Waals surface area contributed by atoms with Crippen LogP contribution in [0.1, 0.15) is 6.92 Å². The maximum atomic E-state index is 11.4. The highest BCUT2D eigenvalue weighted by Crippen LogP contribution is 2.14. The number of hydrogen-bond acceptors (Lipinski definition) is 4. The summed E-state index contributed by atoms with van der Waals surface area (Å²) >= 11 is 1.53. The Hall–Kier alpha value is -1.66. The molecule has 0 spiro atoms. The van der Waals surface area contributed by atoms with Gasteiger partial charge in [-0.25, -0.2) is 5.43 Å². The SMILES string of the molecule is CCOCC(=O)N/N=c1\sc2ccccc2n1C. The van der Waals surface area contributed by atoms with E-state index in [1.807, 2.05) is 42.8 Å². The third kappa shape index (κ3) is 2.77. The van der Waals surface area contributed by atoms with E-state index in [-0.39, 0.29) is 12.5 Å². The average Bonchev–Trinajstić information content (AvgIpc) is 2.71. The van der Waals surface area contributed by atoms with E-state index in [0.717, 1.165) is 15.0 Å². The van der Waals surface area contributed by atoms with Gasteiger partial charge in [-0.2, -0.15) is 0 Å². The number of carbonyl (C=O) groups excluding carboxylic acids is 1. The number of thiazole rings is 1. The van der Waals surface area contributed by atoms with Gasteiger partial charge in [0, 0.05) is 13.7 Å². The molecule has 0 aliphatic carbocycles. The van der Waals surface area contributed by atoms with E-state index >= 15 is 0 Å². The molecule has 0 fully saturated rings. The number of benzene rings is 1. The fraction of sp³-hybridized carbons (Fsp3) is 0.333. The summed E-state index contributed by atoms with van der Waals surface area (Å²) in [5.74, 6) is -0.241. The van der Waals surface area contributed by atoms with Gasteiger partial charge in [0.2, 0.25) is 4.80 Å². The van der Waals surface area contributed by atoms with Gasteiger partial charge < -0.3 is 9.30 Å². The first-order valence-electron chi connectivity index (χ1n) is 5.67. The second-order valence-corrected chi connectivity index (χ2v) is 4.70. The lowest BCUT2D eigenvalue weighted by atomic mass is 10.3. The second kappa shape index (κ2) is 5.79. The summed E-state index contributed by atoms with van der Waals surface area (Å²) in [6, 6.07) is 8.01. The quantitative estimate of drug-likeness (QED) is 0.845. The number of aromatic nitrogens is 1. The van der Waals surface area contributed by atoms with Crippen LogP contribution in [-0.4, -0.2) is 23.7 Å². The highest BCUT2D eigenvalue weighted by molar-refractivity contribution is 7.16. The maximum Gasteiger partial charge on any atom is 0.266 e. The minimum atomic E-state index is -0.241. The van der Waals surface area contributed by atoms with Crippen molar-refractivity contribution < 1.29 is 9.53 Å². The Kier molecular flexibility index (Phi) is 4.11. The van der Waals surface area contributed by atoms with Crippen molar-refractivity contribution in [1.82, 2.24) is 9.99 Å². The van der Waals surface area contributed by atoms with Crippen molar-refractivity contribution in [2.75, 3.05) is 13.2 Å². The van der Waals surface area contributed by atoms with Crippen LogP contribution in [0.15, 0.2) is 29.4 Å². The molecule has 2 aromatic rings. The first kappa shape index (κ1) is 12.8. The molecule has 0 unspecified atom stereocenters. The molecule has 6 heteroatoms. The van der Waals surface area contributed by atoms with Crippen LogP contribution in [0.2, 0.25) is 0 Å². The van der Waals surface area contributed by atoms with Crippen LogP contribution in [0.25, 0.3) is 10.2 Å². The Morgan fingerprint density at radius 1 is 1.50 bits per heavy atom. The molecule has 1 amide bonds. The lowest BCUT2D eigenvalue weighted by Gasteiger charge is -1.99. The molecule has 0 radical (unpaired) electrons. The zero-order valence-electron chi connectivity index (χ0n) is 10.3. The maximum absolute atomic E-state index is 11.4. The molecule has 0 atom stereocenters. The molecule has 1 aromatic carbocycles. The van der Waals surface area contributed by atoms with Gasteiger partial charge >= 0.3 is 0 Å². The summed E-state index contributed by atoms with van der Waals surface area (Å²) in [4.78, 5) is 12.1. The van der Waals surface area contributed by atoms with Crippen molar-refractivity contribution in [3.05, 3.63) is 29.1 Å². The fourth-order valence-corrected chi connectivity index (χ4v) is 2.50. The molecule has 2 rings (SSSR count). The topological polar surface area (TPSA) is 55.6 Å². The molecule has 96 valence electrons. The van der Waals surface area contributed by atoms with Gasteiger partial charge in [-0.1, -0.05) is 23.5 Å². The van der Waals surface area contributed by atoms with Gasteiger partial charge in [0.25, 0.3) is 5.91 Å². The van der Waals surface area contributed by atoms with E-state index in [0.29, 0.717) is 6.61 Å². The number of amides is 1. The van der Waals surface area contributed by atoms with Gasteiger partial charge in [-0.3, -0.25) is 4.79 Å². The van der Waals surface area contributed by atoms with Crippen molar-refractivity contribution in [2.45, 2.75) is 6.92 Å². The summed E-state index contributed by atoms with van der Waals surface area (Å²) in [6.07, 6.45) is 0. The normalized spacial score (nSPS) is 12.0. The summed E-state index contributed by atoms with van der Waals surface area (Å²) in [5, 5.41) is 4.10. The number of carbonyl (C=O) groups is 1. The highest BCUT2D eigenvalue weighted by atomic mass is 32.1. The lowest BCUT2D eigenvalue weighted by Crippen LogP contribution is -2.26. The highest BCUT2D eigenvalue weighted by Gasteiger charge is 2.02. The number of nitrogens with one attached hydrogen (secondary N) is 1. The van der Waals surface area contributed by atoms with Crippen molar-refractivity contribution in [2.24, 2.45) is 12.1 Å². The molecule has 18 heavy (non-hydrogen) atoms. The largest absolute Gasteiger partial charge is 0.372 e. The van der Waals surface area contributed by atoms with Crippen molar-refractivity contribution in [3.8, 4) is 0 Å². The van der Waals surface area contributed by atoms with Crippen LogP contribution in [0, 0.1) is 0 Å². The van der Waals surface area contributed by atoms with Gasteiger partial charge in [0.05, 0.1) is 10.2 Å². The Labute approximate surface area is 109 Å². The Morgan fingerprint density at radius 2 is 2.28 bits per heavy atom. The van der Waals surface area contributed by atoms with Gasteiger partial charge in [0.15, 0.2) is 0 Å². The van der Waals surface area contributed by atoms with E-state index in [1.54, 1.807) is 0 Å². The van der Waals surface area contributed by atoms with Crippen LogP contribution in [0.5, 0.6) is 0 Å². The molecule has 0 saturated carbocycles. The predicted molar refractivity (Wildman–Crippen MR) is 71.0 cm³/mol. The van der Waals surface area contributed by atoms with E-state index in [9.17, 15) is 4.79 Å². The number of para-hydroxylation sites is 1.